The standard InChI is InChI=1S/C24H24N4O4/c1-15-22(16(2)28(27-15)20-9-4-3-5-10-20)24(31)32-14-21(29)25-19-8-6-7-17(13-19)23(30)26-18-11-12-18/h3-10,13,18H,11-12,14H2,1-2H3,(H,25,29)(H,26,30). The van der Waals surface area contributed by atoms with E-state index < -0.39 is 18.5 Å². The minimum Gasteiger partial charge on any atom is -0.452 e. The molecule has 1 fully saturated rings. The molecule has 2 N–H and O–H groups in total. The average Bonchev–Trinajstić information content (AvgIpc) is 3.55. The molecule has 164 valence electrons. The molecule has 8 heteroatoms. The molecule has 0 aliphatic heterocycles. The second-order valence-corrected chi connectivity index (χ2v) is 7.75. The molecule has 1 aromatic heterocycles. The van der Waals surface area contributed by atoms with Gasteiger partial charge in [-0.15, -0.1) is 0 Å². The van der Waals surface area contributed by atoms with Gasteiger partial charge in [0.05, 0.1) is 17.1 Å². The van der Waals surface area contributed by atoms with Crippen molar-refractivity contribution >= 4 is 23.5 Å². The summed E-state index contributed by atoms with van der Waals surface area (Å²) in [4.78, 5) is 37.1. The van der Waals surface area contributed by atoms with Crippen molar-refractivity contribution in [3.8, 4) is 5.69 Å². The molecule has 1 saturated carbocycles. The Morgan fingerprint density at radius 2 is 1.81 bits per heavy atom. The van der Waals surface area contributed by atoms with Gasteiger partial charge in [-0.05, 0) is 57.0 Å². The predicted molar refractivity (Wildman–Crippen MR) is 119 cm³/mol. The Morgan fingerprint density at radius 1 is 1.06 bits per heavy atom. The van der Waals surface area contributed by atoms with E-state index in [-0.39, 0.29) is 11.9 Å². The topological polar surface area (TPSA) is 102 Å². The van der Waals surface area contributed by atoms with Crippen LogP contribution < -0.4 is 10.6 Å². The van der Waals surface area contributed by atoms with Gasteiger partial charge in [0.1, 0.15) is 5.56 Å². The van der Waals surface area contributed by atoms with Crippen LogP contribution >= 0.6 is 0 Å². The van der Waals surface area contributed by atoms with Gasteiger partial charge in [0.2, 0.25) is 0 Å². The van der Waals surface area contributed by atoms with Crippen LogP contribution in [0.1, 0.15) is 44.9 Å². The Labute approximate surface area is 185 Å². The van der Waals surface area contributed by atoms with Crippen LogP contribution in [0, 0.1) is 13.8 Å². The smallest absolute Gasteiger partial charge is 0.342 e. The molecule has 1 aliphatic carbocycles. The van der Waals surface area contributed by atoms with Gasteiger partial charge in [0.25, 0.3) is 11.8 Å². The number of carbonyl (C=O) groups is 3. The maximum absolute atomic E-state index is 12.6. The predicted octanol–water partition coefficient (Wildman–Crippen LogP) is 3.18. The van der Waals surface area contributed by atoms with Gasteiger partial charge in [-0.25, -0.2) is 9.48 Å². The summed E-state index contributed by atoms with van der Waals surface area (Å²) in [5.74, 6) is -1.28. The first-order valence-corrected chi connectivity index (χ1v) is 10.4. The van der Waals surface area contributed by atoms with Crippen molar-refractivity contribution in [3.63, 3.8) is 0 Å². The highest BCUT2D eigenvalue weighted by Gasteiger charge is 2.24. The first kappa shape index (κ1) is 21.3. The van der Waals surface area contributed by atoms with E-state index in [4.69, 9.17) is 4.74 Å². The quantitative estimate of drug-likeness (QED) is 0.559. The summed E-state index contributed by atoms with van der Waals surface area (Å²) < 4.78 is 6.90. The minimum atomic E-state index is -0.616. The van der Waals surface area contributed by atoms with Crippen LogP contribution in [0.4, 0.5) is 5.69 Å². The second-order valence-electron chi connectivity index (χ2n) is 7.75. The second kappa shape index (κ2) is 9.05. The maximum Gasteiger partial charge on any atom is 0.342 e. The molecule has 0 radical (unpaired) electrons. The van der Waals surface area contributed by atoms with Crippen molar-refractivity contribution < 1.29 is 19.1 Å². The first-order valence-electron chi connectivity index (χ1n) is 10.4. The fourth-order valence-corrected chi connectivity index (χ4v) is 3.39. The van der Waals surface area contributed by atoms with Crippen molar-refractivity contribution in [3.05, 3.63) is 77.1 Å². The Hall–Kier alpha value is -3.94. The number of ether oxygens (including phenoxy) is 1. The number of nitrogens with one attached hydrogen (secondary N) is 2. The van der Waals surface area contributed by atoms with Crippen LogP contribution in [0.15, 0.2) is 54.6 Å². The number of anilines is 1. The number of amides is 2. The molecule has 0 spiro atoms. The van der Waals surface area contributed by atoms with Gasteiger partial charge < -0.3 is 15.4 Å². The number of carbonyl (C=O) groups excluding carboxylic acids is 3. The first-order chi connectivity index (χ1) is 15.4. The summed E-state index contributed by atoms with van der Waals surface area (Å²) in [5.41, 5.74) is 3.24. The monoisotopic (exact) mass is 432 g/mol. The molecule has 0 atom stereocenters. The van der Waals surface area contributed by atoms with E-state index in [0.29, 0.717) is 28.2 Å². The average molecular weight is 432 g/mol. The zero-order chi connectivity index (χ0) is 22.7. The van der Waals surface area contributed by atoms with Gasteiger partial charge in [0, 0.05) is 17.3 Å². The van der Waals surface area contributed by atoms with E-state index in [1.165, 1.54) is 0 Å². The number of para-hydroxylation sites is 1. The van der Waals surface area contributed by atoms with Crippen molar-refractivity contribution in [1.82, 2.24) is 15.1 Å². The van der Waals surface area contributed by atoms with Crippen LogP contribution in [-0.2, 0) is 9.53 Å². The molecule has 0 bridgehead atoms. The lowest BCUT2D eigenvalue weighted by Crippen LogP contribution is -2.25. The number of esters is 1. The van der Waals surface area contributed by atoms with Crippen LogP contribution in [0.25, 0.3) is 5.69 Å². The van der Waals surface area contributed by atoms with E-state index in [1.807, 2.05) is 30.3 Å². The number of aryl methyl sites for hydroxylation is 1. The Balaban J connectivity index is 1.37. The zero-order valence-corrected chi connectivity index (χ0v) is 17.9. The largest absolute Gasteiger partial charge is 0.452 e. The van der Waals surface area contributed by atoms with E-state index in [1.54, 1.807) is 42.8 Å². The van der Waals surface area contributed by atoms with Crippen molar-refractivity contribution in [1.29, 1.82) is 0 Å². The van der Waals surface area contributed by atoms with E-state index in [9.17, 15) is 14.4 Å². The van der Waals surface area contributed by atoms with E-state index >= 15 is 0 Å². The number of benzene rings is 2. The van der Waals surface area contributed by atoms with Crippen LogP contribution in [0.2, 0.25) is 0 Å². The maximum atomic E-state index is 12.6. The normalized spacial score (nSPS) is 12.8. The highest BCUT2D eigenvalue weighted by molar-refractivity contribution is 5.99. The Bertz CT molecular complexity index is 1170. The van der Waals surface area contributed by atoms with Gasteiger partial charge in [-0.1, -0.05) is 24.3 Å². The van der Waals surface area contributed by atoms with Crippen LogP contribution in [0.5, 0.6) is 0 Å². The lowest BCUT2D eigenvalue weighted by molar-refractivity contribution is -0.119. The molecule has 32 heavy (non-hydrogen) atoms. The molecule has 8 nitrogen and oxygen atoms in total. The molecular weight excluding hydrogens is 408 g/mol. The summed E-state index contributed by atoms with van der Waals surface area (Å²) in [6.45, 7) is 3.05. The van der Waals surface area contributed by atoms with Gasteiger partial charge in [-0.2, -0.15) is 5.10 Å². The molecular formula is C24H24N4O4. The summed E-state index contributed by atoms with van der Waals surface area (Å²) in [5, 5.41) is 9.99. The molecule has 2 aromatic carbocycles. The van der Waals surface area contributed by atoms with Crippen molar-refractivity contribution in [2.45, 2.75) is 32.7 Å². The lowest BCUT2D eigenvalue weighted by Gasteiger charge is -2.09. The fraction of sp³-hybridized carbons (Fsp3) is 0.250. The number of aromatic nitrogens is 2. The van der Waals surface area contributed by atoms with Gasteiger partial charge in [0.15, 0.2) is 6.61 Å². The third kappa shape index (κ3) is 4.85. The summed E-state index contributed by atoms with van der Waals surface area (Å²) in [6, 6.07) is 16.3. The molecule has 3 aromatic rings. The van der Waals surface area contributed by atoms with Crippen molar-refractivity contribution in [2.75, 3.05) is 11.9 Å². The molecule has 0 saturated heterocycles. The summed E-state index contributed by atoms with van der Waals surface area (Å²) in [6.07, 6.45) is 1.99. The number of nitrogens with zero attached hydrogens (tertiary/aromatic N) is 2. The van der Waals surface area contributed by atoms with Crippen molar-refractivity contribution in [2.24, 2.45) is 0 Å². The number of hydrogen-bond acceptors (Lipinski definition) is 5. The van der Waals surface area contributed by atoms with E-state index in [0.717, 1.165) is 18.5 Å². The van der Waals surface area contributed by atoms with Gasteiger partial charge >= 0.3 is 5.97 Å². The Morgan fingerprint density at radius 3 is 2.53 bits per heavy atom. The number of hydrogen-bond donors (Lipinski definition) is 2. The highest BCUT2D eigenvalue weighted by Crippen LogP contribution is 2.20. The number of rotatable bonds is 7. The third-order valence-electron chi connectivity index (χ3n) is 5.15. The lowest BCUT2D eigenvalue weighted by atomic mass is 10.2. The Kier molecular flexibility index (Phi) is 6.02. The summed E-state index contributed by atoms with van der Waals surface area (Å²) in [7, 11) is 0. The molecule has 2 amide bonds. The molecule has 0 unspecified atom stereocenters. The molecule has 1 heterocycles. The van der Waals surface area contributed by atoms with E-state index in [2.05, 4.69) is 15.7 Å². The molecule has 4 rings (SSSR count). The zero-order valence-electron chi connectivity index (χ0n) is 17.9. The SMILES string of the molecule is Cc1nn(-c2ccccc2)c(C)c1C(=O)OCC(=O)Nc1cccc(C(=O)NC2CC2)c1. The van der Waals surface area contributed by atoms with Crippen LogP contribution in [-0.4, -0.2) is 40.2 Å². The molecule has 1 aliphatic rings. The van der Waals surface area contributed by atoms with Crippen LogP contribution in [0.3, 0.4) is 0 Å². The third-order valence-corrected chi connectivity index (χ3v) is 5.15. The highest BCUT2D eigenvalue weighted by atomic mass is 16.5. The minimum absolute atomic E-state index is 0.170. The summed E-state index contributed by atoms with van der Waals surface area (Å²) >= 11 is 0. The van der Waals surface area contributed by atoms with Gasteiger partial charge in [-0.3, -0.25) is 9.59 Å². The fourth-order valence-electron chi connectivity index (χ4n) is 3.39.